The van der Waals surface area contributed by atoms with Gasteiger partial charge >= 0.3 is 0 Å². The van der Waals surface area contributed by atoms with Crippen molar-refractivity contribution >= 4 is 17.5 Å². The lowest BCUT2D eigenvalue weighted by Gasteiger charge is -2.11. The number of rotatable bonds is 3. The summed E-state index contributed by atoms with van der Waals surface area (Å²) < 4.78 is 0. The lowest BCUT2D eigenvalue weighted by atomic mass is 10.1. The highest BCUT2D eigenvalue weighted by Crippen LogP contribution is 2.17. The zero-order valence-corrected chi connectivity index (χ0v) is 10.3. The third kappa shape index (κ3) is 2.68. The van der Waals surface area contributed by atoms with E-state index in [4.69, 9.17) is 5.73 Å². The number of hydrogen-bond acceptors (Lipinski definition) is 3. The number of carbonyl (C=O) groups is 2. The van der Waals surface area contributed by atoms with Crippen LogP contribution in [0.2, 0.25) is 0 Å². The van der Waals surface area contributed by atoms with E-state index in [1.54, 1.807) is 25.1 Å². The predicted octanol–water partition coefficient (Wildman–Crippen LogP) is 0.642. The van der Waals surface area contributed by atoms with Crippen LogP contribution in [0.15, 0.2) is 18.2 Å². The third-order valence-corrected chi connectivity index (χ3v) is 3.19. The van der Waals surface area contributed by atoms with Gasteiger partial charge in [-0.1, -0.05) is 0 Å². The van der Waals surface area contributed by atoms with Gasteiger partial charge in [0.15, 0.2) is 0 Å². The maximum absolute atomic E-state index is 11.9. The average molecular weight is 247 g/mol. The van der Waals surface area contributed by atoms with Crippen molar-refractivity contribution in [2.24, 2.45) is 11.7 Å². The van der Waals surface area contributed by atoms with Crippen molar-refractivity contribution in [2.45, 2.75) is 13.3 Å². The van der Waals surface area contributed by atoms with Crippen molar-refractivity contribution in [1.29, 1.82) is 0 Å². The third-order valence-electron chi connectivity index (χ3n) is 3.19. The first-order chi connectivity index (χ1) is 8.58. The summed E-state index contributed by atoms with van der Waals surface area (Å²) in [6, 6.07) is 5.11. The number of hydrogen-bond donors (Lipinski definition) is 3. The maximum Gasteiger partial charge on any atom is 0.248 e. The van der Waals surface area contributed by atoms with Crippen LogP contribution in [-0.4, -0.2) is 24.9 Å². The van der Waals surface area contributed by atoms with Gasteiger partial charge < -0.3 is 16.4 Å². The summed E-state index contributed by atoms with van der Waals surface area (Å²) in [7, 11) is 0. The van der Waals surface area contributed by atoms with Crippen LogP contribution in [0.5, 0.6) is 0 Å². The van der Waals surface area contributed by atoms with Gasteiger partial charge in [-0.05, 0) is 43.7 Å². The first-order valence-electron chi connectivity index (χ1n) is 6.00. The van der Waals surface area contributed by atoms with E-state index in [1.807, 2.05) is 0 Å². The van der Waals surface area contributed by atoms with Crippen LogP contribution in [-0.2, 0) is 4.79 Å². The lowest BCUT2D eigenvalue weighted by Crippen LogP contribution is -2.24. The van der Waals surface area contributed by atoms with E-state index in [0.717, 1.165) is 25.1 Å². The largest absolute Gasteiger partial charge is 0.366 e. The van der Waals surface area contributed by atoms with Crippen LogP contribution in [0.1, 0.15) is 22.3 Å². The highest BCUT2D eigenvalue weighted by atomic mass is 16.2. The molecule has 1 aromatic carbocycles. The molecule has 0 spiro atoms. The molecule has 0 radical (unpaired) electrons. The van der Waals surface area contributed by atoms with Gasteiger partial charge in [-0.15, -0.1) is 0 Å². The minimum atomic E-state index is -0.453. The van der Waals surface area contributed by atoms with Crippen molar-refractivity contribution in [2.75, 3.05) is 18.4 Å². The number of benzene rings is 1. The van der Waals surface area contributed by atoms with E-state index in [-0.39, 0.29) is 11.8 Å². The minimum absolute atomic E-state index is 0.0197. The highest BCUT2D eigenvalue weighted by Gasteiger charge is 2.22. The Morgan fingerprint density at radius 2 is 2.22 bits per heavy atom. The fourth-order valence-electron chi connectivity index (χ4n) is 2.14. The van der Waals surface area contributed by atoms with E-state index in [0.29, 0.717) is 11.3 Å². The first-order valence-corrected chi connectivity index (χ1v) is 6.00. The molecular weight excluding hydrogens is 230 g/mol. The van der Waals surface area contributed by atoms with Crippen molar-refractivity contribution in [1.82, 2.24) is 5.32 Å². The minimum Gasteiger partial charge on any atom is -0.366 e. The van der Waals surface area contributed by atoms with E-state index >= 15 is 0 Å². The molecule has 1 atom stereocenters. The van der Waals surface area contributed by atoms with Crippen molar-refractivity contribution in [3.8, 4) is 0 Å². The smallest absolute Gasteiger partial charge is 0.248 e. The molecule has 0 aromatic heterocycles. The second kappa shape index (κ2) is 5.18. The summed E-state index contributed by atoms with van der Waals surface area (Å²) in [5.41, 5.74) is 7.18. The molecule has 4 N–H and O–H groups in total. The number of aryl methyl sites for hydroxylation is 1. The molecule has 1 unspecified atom stereocenters. The monoisotopic (exact) mass is 247 g/mol. The Bertz CT molecular complexity index is 479. The molecule has 1 heterocycles. The second-order valence-corrected chi connectivity index (χ2v) is 4.57. The molecule has 0 bridgehead atoms. The summed E-state index contributed by atoms with van der Waals surface area (Å²) >= 11 is 0. The van der Waals surface area contributed by atoms with Crippen LogP contribution in [0, 0.1) is 12.8 Å². The Balaban J connectivity index is 2.07. The van der Waals surface area contributed by atoms with E-state index < -0.39 is 5.91 Å². The predicted molar refractivity (Wildman–Crippen MR) is 69.3 cm³/mol. The lowest BCUT2D eigenvalue weighted by molar-refractivity contribution is -0.119. The van der Waals surface area contributed by atoms with Gasteiger partial charge in [0, 0.05) is 17.8 Å². The Hall–Kier alpha value is -1.88. The molecule has 2 rings (SSSR count). The molecule has 1 aromatic rings. The molecule has 0 saturated carbocycles. The molecule has 18 heavy (non-hydrogen) atoms. The van der Waals surface area contributed by atoms with E-state index in [1.165, 1.54) is 0 Å². The first kappa shape index (κ1) is 12.6. The molecule has 1 aliphatic rings. The summed E-state index contributed by atoms with van der Waals surface area (Å²) in [4.78, 5) is 23.0. The Labute approximate surface area is 106 Å². The van der Waals surface area contributed by atoms with Gasteiger partial charge in [0.05, 0.1) is 5.92 Å². The van der Waals surface area contributed by atoms with E-state index in [2.05, 4.69) is 10.6 Å². The van der Waals surface area contributed by atoms with Crippen LogP contribution >= 0.6 is 0 Å². The van der Waals surface area contributed by atoms with Crippen LogP contribution < -0.4 is 16.4 Å². The highest BCUT2D eigenvalue weighted by molar-refractivity contribution is 5.96. The Morgan fingerprint density at radius 1 is 1.44 bits per heavy atom. The molecular formula is C13H17N3O2. The summed E-state index contributed by atoms with van der Waals surface area (Å²) in [5, 5.41) is 6.01. The van der Waals surface area contributed by atoms with Crippen molar-refractivity contribution in [3.05, 3.63) is 29.3 Å². The molecule has 2 amide bonds. The molecule has 5 heteroatoms. The number of nitrogens with one attached hydrogen (secondary N) is 2. The molecule has 1 aliphatic heterocycles. The SMILES string of the molecule is Cc1cc(NC(=O)C2CCNC2)ccc1C(N)=O. The van der Waals surface area contributed by atoms with Gasteiger partial charge in [0.1, 0.15) is 0 Å². The molecule has 1 fully saturated rings. The fraction of sp³-hybridized carbons (Fsp3) is 0.385. The number of amides is 2. The van der Waals surface area contributed by atoms with Gasteiger partial charge in [-0.3, -0.25) is 9.59 Å². The van der Waals surface area contributed by atoms with Crippen molar-refractivity contribution in [3.63, 3.8) is 0 Å². The second-order valence-electron chi connectivity index (χ2n) is 4.57. The standard InChI is InChI=1S/C13H17N3O2/c1-8-6-10(2-3-11(8)12(14)17)16-13(18)9-4-5-15-7-9/h2-3,6,9,15H,4-5,7H2,1H3,(H2,14,17)(H,16,18). The summed E-state index contributed by atoms with van der Waals surface area (Å²) in [5.74, 6) is -0.405. The Kier molecular flexibility index (Phi) is 3.62. The average Bonchev–Trinajstić information content (AvgIpc) is 2.81. The summed E-state index contributed by atoms with van der Waals surface area (Å²) in [6.45, 7) is 3.41. The molecule has 5 nitrogen and oxygen atoms in total. The number of primary amides is 1. The van der Waals surface area contributed by atoms with E-state index in [9.17, 15) is 9.59 Å². The fourth-order valence-corrected chi connectivity index (χ4v) is 2.14. The van der Waals surface area contributed by atoms with Crippen LogP contribution in [0.3, 0.4) is 0 Å². The molecule has 1 saturated heterocycles. The number of anilines is 1. The quantitative estimate of drug-likeness (QED) is 0.733. The Morgan fingerprint density at radius 3 is 2.78 bits per heavy atom. The van der Waals surface area contributed by atoms with Gasteiger partial charge in [-0.25, -0.2) is 0 Å². The number of nitrogens with two attached hydrogens (primary N) is 1. The zero-order valence-electron chi connectivity index (χ0n) is 10.3. The maximum atomic E-state index is 11.9. The summed E-state index contributed by atoms with van der Waals surface area (Å²) in [6.07, 6.45) is 0.865. The molecule has 96 valence electrons. The zero-order chi connectivity index (χ0) is 13.1. The number of carbonyl (C=O) groups excluding carboxylic acids is 2. The molecule has 0 aliphatic carbocycles. The topological polar surface area (TPSA) is 84.2 Å². The van der Waals surface area contributed by atoms with Crippen molar-refractivity contribution < 1.29 is 9.59 Å². The van der Waals surface area contributed by atoms with Crippen LogP contribution in [0.25, 0.3) is 0 Å². The van der Waals surface area contributed by atoms with Gasteiger partial charge in [0.2, 0.25) is 11.8 Å². The van der Waals surface area contributed by atoms with Crippen LogP contribution in [0.4, 0.5) is 5.69 Å². The normalized spacial score (nSPS) is 18.6. The van der Waals surface area contributed by atoms with Gasteiger partial charge in [-0.2, -0.15) is 0 Å². The van der Waals surface area contributed by atoms with Gasteiger partial charge in [0.25, 0.3) is 0 Å².